The lowest BCUT2D eigenvalue weighted by Gasteiger charge is -2.28. The van der Waals surface area contributed by atoms with Crippen LogP contribution in [-0.2, 0) is 19.1 Å². The van der Waals surface area contributed by atoms with Crippen LogP contribution in [0.2, 0.25) is 0 Å². The Hall–Kier alpha value is -2.95. The van der Waals surface area contributed by atoms with Gasteiger partial charge in [0.25, 0.3) is 0 Å². The van der Waals surface area contributed by atoms with Gasteiger partial charge in [-0.15, -0.1) is 11.3 Å². The molecule has 1 aromatic carbocycles. The van der Waals surface area contributed by atoms with E-state index >= 15 is 0 Å². The van der Waals surface area contributed by atoms with Gasteiger partial charge in [-0.2, -0.15) is 0 Å². The Morgan fingerprint density at radius 1 is 1.16 bits per heavy atom. The second-order valence-corrected chi connectivity index (χ2v) is 10.7. The molecule has 2 fully saturated rings. The van der Waals surface area contributed by atoms with Gasteiger partial charge >= 0.3 is 0 Å². The zero-order valence-electron chi connectivity index (χ0n) is 21.2. The third kappa shape index (κ3) is 6.88. The summed E-state index contributed by atoms with van der Waals surface area (Å²) in [6.07, 6.45) is 2.12. The maximum Gasteiger partial charge on any atom is 0.243 e. The van der Waals surface area contributed by atoms with E-state index in [1.54, 1.807) is 16.2 Å². The molecule has 2 aromatic rings. The number of likely N-dealkylation sites (tertiary alicyclic amines) is 1. The molecule has 1 saturated heterocycles. The van der Waals surface area contributed by atoms with Crippen molar-refractivity contribution in [2.24, 2.45) is 11.1 Å². The Balaban J connectivity index is 1.29. The van der Waals surface area contributed by atoms with Gasteiger partial charge in [-0.25, -0.2) is 0 Å². The number of hydrogen-bond acceptors (Lipinski definition) is 7. The van der Waals surface area contributed by atoms with Gasteiger partial charge in [0.1, 0.15) is 11.8 Å². The number of carbonyl (C=O) groups excluding carboxylic acids is 3. The summed E-state index contributed by atoms with van der Waals surface area (Å²) < 4.78 is 11.3. The summed E-state index contributed by atoms with van der Waals surface area (Å²) >= 11 is 1.58. The third-order valence-electron chi connectivity index (χ3n) is 6.99. The molecule has 9 nitrogen and oxygen atoms in total. The Bertz CT molecular complexity index is 1050. The minimum Gasteiger partial charge on any atom is -0.494 e. The minimum absolute atomic E-state index is 0.0678. The zero-order valence-corrected chi connectivity index (χ0v) is 22.0. The van der Waals surface area contributed by atoms with Crippen molar-refractivity contribution >= 4 is 29.1 Å². The van der Waals surface area contributed by atoms with Crippen molar-refractivity contribution in [1.82, 2.24) is 15.5 Å². The van der Waals surface area contributed by atoms with Crippen molar-refractivity contribution < 1.29 is 23.9 Å². The van der Waals surface area contributed by atoms with Gasteiger partial charge < -0.3 is 30.7 Å². The molecule has 10 heteroatoms. The molecular weight excluding hydrogens is 492 g/mol. The normalized spacial score (nSPS) is 22.7. The fraction of sp³-hybridized carbons (Fsp3) is 0.519. The van der Waals surface area contributed by atoms with E-state index < -0.39 is 6.04 Å². The molecular formula is C27H36N4O5S. The van der Waals surface area contributed by atoms with Gasteiger partial charge in [-0.3, -0.25) is 14.4 Å². The van der Waals surface area contributed by atoms with Crippen LogP contribution in [0.25, 0.3) is 0 Å². The summed E-state index contributed by atoms with van der Waals surface area (Å²) in [5, 5.41) is 7.75. The van der Waals surface area contributed by atoms with Crippen molar-refractivity contribution in [3.8, 4) is 5.75 Å². The first-order chi connectivity index (χ1) is 17.9. The van der Waals surface area contributed by atoms with Gasteiger partial charge in [-0.05, 0) is 49.8 Å². The van der Waals surface area contributed by atoms with E-state index in [0.717, 1.165) is 17.0 Å². The maximum atomic E-state index is 13.3. The van der Waals surface area contributed by atoms with E-state index in [0.29, 0.717) is 39.2 Å². The molecule has 4 atom stereocenters. The van der Waals surface area contributed by atoms with Crippen LogP contribution in [0.5, 0.6) is 5.75 Å². The van der Waals surface area contributed by atoms with Crippen LogP contribution in [0.4, 0.5) is 0 Å². The Kier molecular flexibility index (Phi) is 9.18. The molecule has 2 heterocycles. The van der Waals surface area contributed by atoms with E-state index in [-0.39, 0.29) is 48.2 Å². The number of benzene rings is 1. The maximum absolute atomic E-state index is 13.3. The molecule has 1 aliphatic heterocycles. The number of nitrogens with one attached hydrogen (secondary N) is 2. The summed E-state index contributed by atoms with van der Waals surface area (Å²) in [5.74, 6) is 0.114. The number of rotatable bonds is 14. The van der Waals surface area contributed by atoms with Crippen LogP contribution in [0.15, 0.2) is 47.8 Å². The number of nitrogens with zero attached hydrogens (tertiary/aromatic N) is 1. The third-order valence-corrected chi connectivity index (χ3v) is 8.04. The lowest BCUT2D eigenvalue weighted by Crippen LogP contribution is -2.51. The lowest BCUT2D eigenvalue weighted by atomic mass is 10.00. The van der Waals surface area contributed by atoms with Gasteiger partial charge in [0.15, 0.2) is 0 Å². The second-order valence-electron chi connectivity index (χ2n) is 9.73. The van der Waals surface area contributed by atoms with Crippen molar-refractivity contribution in [2.75, 3.05) is 32.9 Å². The molecule has 200 valence electrons. The number of thiophene rings is 1. The number of amides is 3. The fourth-order valence-corrected chi connectivity index (χ4v) is 5.73. The largest absolute Gasteiger partial charge is 0.494 e. The van der Waals surface area contributed by atoms with Crippen LogP contribution in [-0.4, -0.2) is 67.6 Å². The van der Waals surface area contributed by atoms with E-state index in [1.807, 2.05) is 54.8 Å². The number of carbonyl (C=O) groups is 3. The first-order valence-corrected chi connectivity index (χ1v) is 13.7. The average Bonchev–Trinajstić information content (AvgIpc) is 3.24. The molecule has 0 radical (unpaired) electrons. The lowest BCUT2D eigenvalue weighted by molar-refractivity contribution is -0.140. The quantitative estimate of drug-likeness (QED) is 0.323. The molecule has 1 saturated carbocycles. The predicted molar refractivity (Wildman–Crippen MR) is 141 cm³/mol. The van der Waals surface area contributed by atoms with E-state index in [9.17, 15) is 14.4 Å². The summed E-state index contributed by atoms with van der Waals surface area (Å²) in [6, 6.07) is 12.5. The van der Waals surface area contributed by atoms with E-state index in [2.05, 4.69) is 10.6 Å². The summed E-state index contributed by atoms with van der Waals surface area (Å²) in [6.45, 7) is 3.55. The predicted octanol–water partition coefficient (Wildman–Crippen LogP) is 2.24. The second kappa shape index (κ2) is 12.5. The topological polar surface area (TPSA) is 123 Å². The van der Waals surface area contributed by atoms with Gasteiger partial charge in [0.2, 0.25) is 17.7 Å². The highest BCUT2D eigenvalue weighted by atomic mass is 32.1. The Morgan fingerprint density at radius 3 is 2.70 bits per heavy atom. The Labute approximate surface area is 221 Å². The van der Waals surface area contributed by atoms with Crippen molar-refractivity contribution in [1.29, 1.82) is 0 Å². The zero-order chi connectivity index (χ0) is 26.3. The molecule has 3 amide bonds. The highest BCUT2D eigenvalue weighted by Gasteiger charge is 2.67. The summed E-state index contributed by atoms with van der Waals surface area (Å²) in [4.78, 5) is 41.6. The van der Waals surface area contributed by atoms with Crippen LogP contribution < -0.4 is 21.1 Å². The molecule has 0 spiro atoms. The van der Waals surface area contributed by atoms with Crippen molar-refractivity contribution in [3.63, 3.8) is 0 Å². The Morgan fingerprint density at radius 2 is 1.97 bits per heavy atom. The molecule has 4 N–H and O–H groups in total. The molecule has 37 heavy (non-hydrogen) atoms. The SMILES string of the molecule is C[C@@H](NC(=O)[C@@H]1C[C@]2(COCCN)C[C@@H]2N1C(=O)CNC(=O)CCCOc1ccccc1)c1cccs1. The van der Waals surface area contributed by atoms with Crippen LogP contribution in [0.3, 0.4) is 0 Å². The average molecular weight is 529 g/mol. The smallest absolute Gasteiger partial charge is 0.243 e. The van der Waals surface area contributed by atoms with Crippen LogP contribution >= 0.6 is 11.3 Å². The monoisotopic (exact) mass is 528 g/mol. The van der Waals surface area contributed by atoms with Crippen LogP contribution in [0.1, 0.15) is 43.5 Å². The summed E-state index contributed by atoms with van der Waals surface area (Å²) in [7, 11) is 0. The van der Waals surface area contributed by atoms with Crippen LogP contribution in [0, 0.1) is 5.41 Å². The van der Waals surface area contributed by atoms with Crippen molar-refractivity contribution in [2.45, 2.75) is 50.7 Å². The number of piperidine rings is 1. The minimum atomic E-state index is -0.591. The van der Waals surface area contributed by atoms with Crippen molar-refractivity contribution in [3.05, 3.63) is 52.7 Å². The first-order valence-electron chi connectivity index (χ1n) is 12.8. The fourth-order valence-electron chi connectivity index (χ4n) is 4.99. The van der Waals surface area contributed by atoms with Gasteiger partial charge in [0, 0.05) is 29.3 Å². The first kappa shape index (κ1) is 27.1. The van der Waals surface area contributed by atoms with E-state index in [4.69, 9.17) is 15.2 Å². The molecule has 0 unspecified atom stereocenters. The highest BCUT2D eigenvalue weighted by Crippen LogP contribution is 2.59. The van der Waals surface area contributed by atoms with E-state index in [1.165, 1.54) is 0 Å². The number of nitrogens with two attached hydrogens (primary N) is 1. The number of hydrogen-bond donors (Lipinski definition) is 3. The van der Waals surface area contributed by atoms with Gasteiger partial charge in [-0.1, -0.05) is 24.3 Å². The molecule has 2 aliphatic rings. The highest BCUT2D eigenvalue weighted by molar-refractivity contribution is 7.10. The number of ether oxygens (including phenoxy) is 2. The molecule has 4 rings (SSSR count). The standard InChI is InChI=1S/C27H36N4O5S/c1-19(22-9-6-14-37-22)30-26(34)21-15-27(18-35-13-11-28)16-23(27)31(21)25(33)17-29-24(32)10-5-12-36-20-7-3-2-4-8-20/h2-4,6-9,14,19,21,23H,5,10-13,15-18,28H2,1H3,(H,29,32)(H,30,34)/t19-,21+,23+,27-/m1/s1. The molecule has 1 aromatic heterocycles. The number of para-hydroxylation sites is 1. The summed E-state index contributed by atoms with van der Waals surface area (Å²) in [5.41, 5.74) is 5.34. The molecule has 1 aliphatic carbocycles. The van der Waals surface area contributed by atoms with Gasteiger partial charge in [0.05, 0.1) is 32.4 Å². The molecule has 0 bridgehead atoms. The number of fused-ring (bicyclic) bond motifs is 1.